The minimum absolute atomic E-state index is 0.239. The topological polar surface area (TPSA) is 59.0 Å². The standard InChI is InChI=1S/C16H18ClNO4/c1-16(2)18(15(19)20)13(10-22-16)8-9-14(21-3)11-4-6-12(17)7-5-11/h4-7,13-14H,10H2,1-3H3,(H,19,20)/t13-,14?/m0/s1. The highest BCUT2D eigenvalue weighted by molar-refractivity contribution is 6.30. The number of hydrogen-bond acceptors (Lipinski definition) is 3. The lowest BCUT2D eigenvalue weighted by molar-refractivity contribution is -0.0407. The van der Waals surface area contributed by atoms with E-state index in [1.54, 1.807) is 33.1 Å². The molecule has 1 amide bonds. The van der Waals surface area contributed by atoms with Crippen LogP contribution in [0.15, 0.2) is 24.3 Å². The van der Waals surface area contributed by atoms with Gasteiger partial charge in [-0.25, -0.2) is 4.79 Å². The number of carboxylic acid groups (broad SMARTS) is 1. The first-order valence-electron chi connectivity index (χ1n) is 6.80. The van der Waals surface area contributed by atoms with Gasteiger partial charge in [0.1, 0.15) is 17.9 Å². The first-order valence-corrected chi connectivity index (χ1v) is 7.18. The molecule has 0 saturated carbocycles. The van der Waals surface area contributed by atoms with Crippen molar-refractivity contribution in [2.45, 2.75) is 31.7 Å². The highest BCUT2D eigenvalue weighted by Gasteiger charge is 2.43. The average Bonchev–Trinajstić information content (AvgIpc) is 2.76. The third-order valence-electron chi connectivity index (χ3n) is 3.48. The summed E-state index contributed by atoms with van der Waals surface area (Å²) in [5, 5.41) is 9.96. The number of methoxy groups -OCH3 is 1. The first kappa shape index (κ1) is 16.6. The van der Waals surface area contributed by atoms with Gasteiger partial charge in [-0.05, 0) is 31.5 Å². The average molecular weight is 324 g/mol. The van der Waals surface area contributed by atoms with Crippen molar-refractivity contribution >= 4 is 17.7 Å². The van der Waals surface area contributed by atoms with Crippen molar-refractivity contribution in [3.05, 3.63) is 34.9 Å². The van der Waals surface area contributed by atoms with E-state index in [9.17, 15) is 9.90 Å². The molecule has 0 aliphatic carbocycles. The molecule has 1 aromatic carbocycles. The van der Waals surface area contributed by atoms with Gasteiger partial charge in [0.05, 0.1) is 6.61 Å². The second-order valence-electron chi connectivity index (χ2n) is 5.38. The van der Waals surface area contributed by atoms with E-state index in [4.69, 9.17) is 21.1 Å². The second kappa shape index (κ2) is 6.57. The number of rotatable bonds is 2. The molecule has 1 heterocycles. The summed E-state index contributed by atoms with van der Waals surface area (Å²) in [4.78, 5) is 12.6. The minimum atomic E-state index is -1.05. The molecule has 0 spiro atoms. The summed E-state index contributed by atoms with van der Waals surface area (Å²) >= 11 is 5.86. The molecule has 1 fully saturated rings. The summed E-state index contributed by atoms with van der Waals surface area (Å²) < 4.78 is 10.9. The molecule has 1 aliphatic rings. The Labute approximate surface area is 134 Å². The van der Waals surface area contributed by atoms with Gasteiger partial charge in [-0.3, -0.25) is 4.90 Å². The predicted octanol–water partition coefficient (Wildman–Crippen LogP) is 3.15. The van der Waals surface area contributed by atoms with Gasteiger partial charge in [0.15, 0.2) is 0 Å². The fraction of sp³-hybridized carbons (Fsp3) is 0.438. The van der Waals surface area contributed by atoms with Crippen molar-refractivity contribution in [2.75, 3.05) is 13.7 Å². The van der Waals surface area contributed by atoms with Gasteiger partial charge < -0.3 is 14.6 Å². The van der Waals surface area contributed by atoms with Crippen LogP contribution in [-0.4, -0.2) is 41.6 Å². The number of nitrogens with zero attached hydrogens (tertiary/aromatic N) is 1. The zero-order valence-corrected chi connectivity index (χ0v) is 13.4. The summed E-state index contributed by atoms with van der Waals surface area (Å²) in [5.74, 6) is 5.91. The van der Waals surface area contributed by atoms with Gasteiger partial charge in [-0.2, -0.15) is 0 Å². The van der Waals surface area contributed by atoms with Gasteiger partial charge in [0.25, 0.3) is 0 Å². The largest absolute Gasteiger partial charge is 0.465 e. The number of hydrogen-bond donors (Lipinski definition) is 1. The Balaban J connectivity index is 2.20. The van der Waals surface area contributed by atoms with Crippen LogP contribution in [0.2, 0.25) is 5.02 Å². The normalized spacial score (nSPS) is 21.1. The van der Waals surface area contributed by atoms with E-state index in [1.807, 2.05) is 12.1 Å². The van der Waals surface area contributed by atoms with Crippen molar-refractivity contribution < 1.29 is 19.4 Å². The second-order valence-corrected chi connectivity index (χ2v) is 5.82. The summed E-state index contributed by atoms with van der Waals surface area (Å²) in [6, 6.07) is 6.66. The van der Waals surface area contributed by atoms with Crippen molar-refractivity contribution in [2.24, 2.45) is 0 Å². The zero-order chi connectivity index (χ0) is 16.3. The van der Waals surface area contributed by atoms with Crippen LogP contribution in [0.25, 0.3) is 0 Å². The fourth-order valence-electron chi connectivity index (χ4n) is 2.36. The number of benzene rings is 1. The molecule has 1 aliphatic heterocycles. The lowest BCUT2D eigenvalue weighted by Gasteiger charge is -2.28. The van der Waals surface area contributed by atoms with E-state index >= 15 is 0 Å². The minimum Gasteiger partial charge on any atom is -0.465 e. The fourth-order valence-corrected chi connectivity index (χ4v) is 2.49. The Morgan fingerprint density at radius 1 is 1.50 bits per heavy atom. The lowest BCUT2D eigenvalue weighted by Crippen LogP contribution is -2.46. The van der Waals surface area contributed by atoms with E-state index in [0.717, 1.165) is 5.56 Å². The summed E-state index contributed by atoms with van der Waals surface area (Å²) in [6.07, 6.45) is -1.50. The Kier molecular flexibility index (Phi) is 4.97. The number of carbonyl (C=O) groups is 1. The molecule has 118 valence electrons. The van der Waals surface area contributed by atoms with Crippen molar-refractivity contribution in [3.8, 4) is 11.8 Å². The van der Waals surface area contributed by atoms with Gasteiger partial charge in [0.2, 0.25) is 0 Å². The molecular formula is C16H18ClNO4. The molecule has 1 N–H and O–H groups in total. The van der Waals surface area contributed by atoms with Gasteiger partial charge in [-0.15, -0.1) is 0 Å². The molecule has 0 bridgehead atoms. The number of halogens is 1. The van der Waals surface area contributed by atoms with Crippen LogP contribution in [0.1, 0.15) is 25.5 Å². The van der Waals surface area contributed by atoms with Crippen LogP contribution in [-0.2, 0) is 9.47 Å². The maximum atomic E-state index is 11.4. The van der Waals surface area contributed by atoms with Gasteiger partial charge in [0, 0.05) is 12.1 Å². The van der Waals surface area contributed by atoms with Crippen molar-refractivity contribution in [3.63, 3.8) is 0 Å². The summed E-state index contributed by atoms with van der Waals surface area (Å²) in [6.45, 7) is 3.65. The summed E-state index contributed by atoms with van der Waals surface area (Å²) in [5.41, 5.74) is -0.0203. The Bertz CT molecular complexity index is 603. The zero-order valence-electron chi connectivity index (χ0n) is 12.7. The van der Waals surface area contributed by atoms with E-state index in [-0.39, 0.29) is 6.61 Å². The van der Waals surface area contributed by atoms with Crippen LogP contribution in [0.4, 0.5) is 4.79 Å². The lowest BCUT2D eigenvalue weighted by atomic mass is 10.1. The molecular weight excluding hydrogens is 306 g/mol. The van der Waals surface area contributed by atoms with Gasteiger partial charge >= 0.3 is 6.09 Å². The van der Waals surface area contributed by atoms with Crippen molar-refractivity contribution in [1.82, 2.24) is 4.90 Å². The highest BCUT2D eigenvalue weighted by Crippen LogP contribution is 2.27. The molecule has 0 aromatic heterocycles. The molecule has 2 rings (SSSR count). The highest BCUT2D eigenvalue weighted by atomic mass is 35.5. The monoisotopic (exact) mass is 323 g/mol. The third-order valence-corrected chi connectivity index (χ3v) is 3.73. The molecule has 0 radical (unpaired) electrons. The van der Waals surface area contributed by atoms with Crippen LogP contribution in [0.5, 0.6) is 0 Å². The smallest absolute Gasteiger partial charge is 0.410 e. The molecule has 5 nitrogen and oxygen atoms in total. The van der Waals surface area contributed by atoms with E-state index in [0.29, 0.717) is 5.02 Å². The SMILES string of the molecule is COC(C#C[C@H]1COC(C)(C)N1C(=O)O)c1ccc(Cl)cc1. The quantitative estimate of drug-likeness (QED) is 0.849. The molecule has 1 unspecified atom stereocenters. The molecule has 1 saturated heterocycles. The Hall–Kier alpha value is -1.74. The molecule has 22 heavy (non-hydrogen) atoms. The molecule has 1 aromatic rings. The van der Waals surface area contributed by atoms with Crippen LogP contribution >= 0.6 is 11.6 Å². The van der Waals surface area contributed by atoms with Gasteiger partial charge in [-0.1, -0.05) is 35.6 Å². The maximum absolute atomic E-state index is 11.4. The predicted molar refractivity (Wildman–Crippen MR) is 82.7 cm³/mol. The number of ether oxygens (including phenoxy) is 2. The van der Waals surface area contributed by atoms with Crippen LogP contribution in [0, 0.1) is 11.8 Å². The van der Waals surface area contributed by atoms with Crippen LogP contribution in [0.3, 0.4) is 0 Å². The summed E-state index contributed by atoms with van der Waals surface area (Å²) in [7, 11) is 1.55. The van der Waals surface area contributed by atoms with E-state index in [1.165, 1.54) is 4.90 Å². The van der Waals surface area contributed by atoms with Crippen LogP contribution < -0.4 is 0 Å². The molecule has 2 atom stereocenters. The first-order chi connectivity index (χ1) is 10.3. The molecule has 6 heteroatoms. The third kappa shape index (κ3) is 3.53. The Morgan fingerprint density at radius 2 is 2.14 bits per heavy atom. The maximum Gasteiger partial charge on any atom is 0.410 e. The van der Waals surface area contributed by atoms with Crippen molar-refractivity contribution in [1.29, 1.82) is 0 Å². The van der Waals surface area contributed by atoms with E-state index < -0.39 is 24.0 Å². The number of amides is 1. The Morgan fingerprint density at radius 3 is 2.68 bits per heavy atom. The van der Waals surface area contributed by atoms with E-state index in [2.05, 4.69) is 11.8 Å².